The molecule has 1 aliphatic carbocycles. The molecule has 1 saturated carbocycles. The standard InChI is InChI=1S/C25H25NO4/c1-29-18-13-11-16(12-14-18)15-26-22(17-7-3-2-4-8-17)21-23(27)19-9-5-6-10-20(19)30-24(21)25(26)28/h2-4,7-8,11-14,19-20,22H,5-6,9-10,15H2,1H3. The molecule has 5 rings (SSSR count). The predicted octanol–water partition coefficient (Wildman–Crippen LogP) is 4.19. The number of nitrogens with zero attached hydrogens (tertiary/aromatic N) is 1. The van der Waals surface area contributed by atoms with Crippen LogP contribution in [0.1, 0.15) is 42.9 Å². The van der Waals surface area contributed by atoms with Gasteiger partial charge in [0.05, 0.1) is 24.6 Å². The van der Waals surface area contributed by atoms with E-state index in [1.54, 1.807) is 12.0 Å². The number of ether oxygens (including phenoxy) is 2. The van der Waals surface area contributed by atoms with Crippen molar-refractivity contribution in [3.8, 4) is 5.75 Å². The zero-order valence-electron chi connectivity index (χ0n) is 17.0. The second kappa shape index (κ2) is 7.63. The Bertz CT molecular complexity index is 996. The van der Waals surface area contributed by atoms with Crippen molar-refractivity contribution >= 4 is 11.7 Å². The average Bonchev–Trinajstić information content (AvgIpc) is 3.07. The Morgan fingerprint density at radius 3 is 2.47 bits per heavy atom. The Morgan fingerprint density at radius 1 is 1.00 bits per heavy atom. The summed E-state index contributed by atoms with van der Waals surface area (Å²) in [6, 6.07) is 17.1. The van der Waals surface area contributed by atoms with Gasteiger partial charge in [-0.05, 0) is 42.5 Å². The number of amides is 1. The number of hydrogen-bond acceptors (Lipinski definition) is 4. The first-order valence-corrected chi connectivity index (χ1v) is 10.6. The van der Waals surface area contributed by atoms with Crippen LogP contribution in [0.15, 0.2) is 65.9 Å². The van der Waals surface area contributed by atoms with Crippen LogP contribution in [0.5, 0.6) is 5.75 Å². The minimum atomic E-state index is -0.411. The highest BCUT2D eigenvalue weighted by Crippen LogP contribution is 2.47. The van der Waals surface area contributed by atoms with E-state index >= 15 is 0 Å². The summed E-state index contributed by atoms with van der Waals surface area (Å²) in [7, 11) is 1.63. The molecule has 1 fully saturated rings. The first-order chi connectivity index (χ1) is 14.7. The third kappa shape index (κ3) is 3.09. The van der Waals surface area contributed by atoms with Crippen molar-refractivity contribution in [1.82, 2.24) is 4.90 Å². The van der Waals surface area contributed by atoms with Gasteiger partial charge in [-0.3, -0.25) is 9.59 Å². The van der Waals surface area contributed by atoms with E-state index in [0.717, 1.165) is 42.6 Å². The average molecular weight is 403 g/mol. The van der Waals surface area contributed by atoms with Gasteiger partial charge in [0.1, 0.15) is 11.9 Å². The highest BCUT2D eigenvalue weighted by atomic mass is 16.5. The lowest BCUT2D eigenvalue weighted by Crippen LogP contribution is -2.39. The van der Waals surface area contributed by atoms with E-state index in [9.17, 15) is 9.59 Å². The van der Waals surface area contributed by atoms with Gasteiger partial charge in [-0.2, -0.15) is 0 Å². The van der Waals surface area contributed by atoms with E-state index in [-0.39, 0.29) is 29.5 Å². The van der Waals surface area contributed by atoms with Crippen LogP contribution >= 0.6 is 0 Å². The minimum Gasteiger partial charge on any atom is -0.497 e. The van der Waals surface area contributed by atoms with E-state index in [4.69, 9.17) is 9.47 Å². The van der Waals surface area contributed by atoms with Crippen LogP contribution in [0, 0.1) is 5.92 Å². The van der Waals surface area contributed by atoms with Gasteiger partial charge in [0.2, 0.25) is 0 Å². The molecule has 3 unspecified atom stereocenters. The van der Waals surface area contributed by atoms with Crippen molar-refractivity contribution in [3.63, 3.8) is 0 Å². The Morgan fingerprint density at radius 2 is 1.73 bits per heavy atom. The molecule has 5 nitrogen and oxygen atoms in total. The number of carbonyl (C=O) groups is 2. The lowest BCUT2D eigenvalue weighted by Gasteiger charge is -2.35. The lowest BCUT2D eigenvalue weighted by atomic mass is 9.77. The fourth-order valence-corrected chi connectivity index (χ4v) is 4.97. The van der Waals surface area contributed by atoms with Crippen LogP contribution in [-0.2, 0) is 20.9 Å². The van der Waals surface area contributed by atoms with Crippen LogP contribution < -0.4 is 4.74 Å². The van der Waals surface area contributed by atoms with E-state index in [1.165, 1.54) is 0 Å². The Labute approximate surface area is 176 Å². The maximum Gasteiger partial charge on any atom is 0.290 e. The number of rotatable bonds is 4. The van der Waals surface area contributed by atoms with Gasteiger partial charge in [0.15, 0.2) is 11.5 Å². The predicted molar refractivity (Wildman–Crippen MR) is 112 cm³/mol. The zero-order valence-corrected chi connectivity index (χ0v) is 17.0. The summed E-state index contributed by atoms with van der Waals surface area (Å²) in [6.45, 7) is 0.404. The van der Waals surface area contributed by atoms with Gasteiger partial charge in [-0.15, -0.1) is 0 Å². The molecule has 5 heteroatoms. The molecule has 3 atom stereocenters. The summed E-state index contributed by atoms with van der Waals surface area (Å²) in [5.74, 6) is 0.821. The first-order valence-electron chi connectivity index (χ1n) is 10.6. The van der Waals surface area contributed by atoms with Crippen LogP contribution in [0.4, 0.5) is 0 Å². The second-order valence-corrected chi connectivity index (χ2v) is 8.25. The fourth-order valence-electron chi connectivity index (χ4n) is 4.97. The minimum absolute atomic E-state index is 0.0976. The van der Waals surface area contributed by atoms with E-state index in [1.807, 2.05) is 54.6 Å². The molecule has 2 aromatic rings. The molecular formula is C25H25NO4. The molecule has 1 amide bonds. The summed E-state index contributed by atoms with van der Waals surface area (Å²) in [5, 5.41) is 0. The molecule has 0 bridgehead atoms. The van der Waals surface area contributed by atoms with Gasteiger partial charge < -0.3 is 14.4 Å². The summed E-state index contributed by atoms with van der Waals surface area (Å²) < 4.78 is 11.4. The molecule has 2 heterocycles. The Balaban J connectivity index is 1.54. The zero-order chi connectivity index (χ0) is 20.7. The lowest BCUT2D eigenvalue weighted by molar-refractivity contribution is -0.135. The third-order valence-corrected chi connectivity index (χ3v) is 6.49. The SMILES string of the molecule is COc1ccc(CN2C(=O)C3=C(C(=O)C4CCCCC4O3)C2c2ccccc2)cc1. The quantitative estimate of drug-likeness (QED) is 0.768. The maximum absolute atomic E-state index is 13.5. The number of ketones is 1. The summed E-state index contributed by atoms with van der Waals surface area (Å²) in [6.07, 6.45) is 3.61. The molecule has 0 spiro atoms. The van der Waals surface area contributed by atoms with Gasteiger partial charge in [-0.25, -0.2) is 0 Å². The van der Waals surface area contributed by atoms with Gasteiger partial charge >= 0.3 is 0 Å². The van der Waals surface area contributed by atoms with Crippen molar-refractivity contribution in [2.45, 2.75) is 44.4 Å². The Kier molecular flexibility index (Phi) is 4.81. The van der Waals surface area contributed by atoms with Gasteiger partial charge in [0, 0.05) is 6.54 Å². The molecule has 2 aliphatic heterocycles. The van der Waals surface area contributed by atoms with Gasteiger partial charge in [-0.1, -0.05) is 48.9 Å². The molecule has 0 radical (unpaired) electrons. The van der Waals surface area contributed by atoms with Crippen molar-refractivity contribution in [2.75, 3.05) is 7.11 Å². The maximum atomic E-state index is 13.5. The number of Topliss-reactive ketones (excluding diaryl/α,β-unsaturated/α-hetero) is 1. The summed E-state index contributed by atoms with van der Waals surface area (Å²) in [4.78, 5) is 28.7. The summed E-state index contributed by atoms with van der Waals surface area (Å²) >= 11 is 0. The van der Waals surface area contributed by atoms with Crippen LogP contribution in [0.2, 0.25) is 0 Å². The molecular weight excluding hydrogens is 378 g/mol. The number of fused-ring (bicyclic) bond motifs is 1. The third-order valence-electron chi connectivity index (χ3n) is 6.49. The fraction of sp³-hybridized carbons (Fsp3) is 0.360. The largest absolute Gasteiger partial charge is 0.497 e. The smallest absolute Gasteiger partial charge is 0.290 e. The topological polar surface area (TPSA) is 55.8 Å². The molecule has 2 aromatic carbocycles. The van der Waals surface area contributed by atoms with E-state index in [2.05, 4.69) is 0 Å². The molecule has 0 aromatic heterocycles. The monoisotopic (exact) mass is 403 g/mol. The van der Waals surface area contributed by atoms with Crippen molar-refractivity contribution in [2.24, 2.45) is 5.92 Å². The van der Waals surface area contributed by atoms with Crippen molar-refractivity contribution in [1.29, 1.82) is 0 Å². The number of carbonyl (C=O) groups excluding carboxylic acids is 2. The molecule has 30 heavy (non-hydrogen) atoms. The van der Waals surface area contributed by atoms with E-state index < -0.39 is 6.04 Å². The molecule has 0 saturated heterocycles. The molecule has 3 aliphatic rings. The number of methoxy groups -OCH3 is 1. The van der Waals surface area contributed by atoms with Crippen LogP contribution in [-0.4, -0.2) is 29.8 Å². The van der Waals surface area contributed by atoms with Crippen molar-refractivity contribution in [3.05, 3.63) is 77.1 Å². The van der Waals surface area contributed by atoms with Crippen molar-refractivity contribution < 1.29 is 19.1 Å². The molecule has 154 valence electrons. The summed E-state index contributed by atoms with van der Waals surface area (Å²) in [5.41, 5.74) is 2.47. The van der Waals surface area contributed by atoms with Gasteiger partial charge in [0.25, 0.3) is 5.91 Å². The Hall–Kier alpha value is -3.08. The highest BCUT2D eigenvalue weighted by molar-refractivity contribution is 6.11. The normalized spacial score (nSPS) is 25.6. The van der Waals surface area contributed by atoms with Crippen LogP contribution in [0.3, 0.4) is 0 Å². The first kappa shape index (κ1) is 18.9. The number of benzene rings is 2. The number of hydrogen-bond donors (Lipinski definition) is 0. The molecule has 0 N–H and O–H groups in total. The second-order valence-electron chi connectivity index (χ2n) is 8.25. The van der Waals surface area contributed by atoms with Crippen LogP contribution in [0.25, 0.3) is 0 Å². The highest BCUT2D eigenvalue weighted by Gasteiger charge is 2.51. The van der Waals surface area contributed by atoms with E-state index in [0.29, 0.717) is 12.1 Å².